The van der Waals surface area contributed by atoms with E-state index in [9.17, 15) is 19.2 Å². The zero-order chi connectivity index (χ0) is 22.1. The van der Waals surface area contributed by atoms with Gasteiger partial charge in [0.15, 0.2) is 11.9 Å². The van der Waals surface area contributed by atoms with Crippen LogP contribution < -0.4 is 16.0 Å². The molecule has 0 aliphatic heterocycles. The van der Waals surface area contributed by atoms with Crippen molar-refractivity contribution in [3.63, 3.8) is 0 Å². The molecule has 9 heteroatoms. The number of rotatable bonds is 9. The Hall–Kier alpha value is -3.62. The van der Waals surface area contributed by atoms with Crippen molar-refractivity contribution in [2.24, 2.45) is 0 Å². The average molecular weight is 415 g/mol. The molecular weight excluding hydrogens is 390 g/mol. The van der Waals surface area contributed by atoms with E-state index in [1.807, 2.05) is 12.1 Å². The van der Waals surface area contributed by atoms with Gasteiger partial charge in [-0.05, 0) is 42.7 Å². The van der Waals surface area contributed by atoms with Crippen LogP contribution in [0.1, 0.15) is 42.8 Å². The first-order valence-corrected chi connectivity index (χ1v) is 9.45. The smallest absolute Gasteiger partial charge is 0.326 e. The third kappa shape index (κ3) is 7.08. The molecule has 1 aromatic carbocycles. The van der Waals surface area contributed by atoms with Crippen molar-refractivity contribution in [3.8, 4) is 0 Å². The van der Waals surface area contributed by atoms with Gasteiger partial charge in [-0.15, -0.1) is 0 Å². The molecule has 160 valence electrons. The number of benzene rings is 1. The van der Waals surface area contributed by atoms with E-state index in [1.54, 1.807) is 18.2 Å². The number of furan rings is 1. The highest BCUT2D eigenvalue weighted by Crippen LogP contribution is 2.17. The molecule has 2 rings (SSSR count). The van der Waals surface area contributed by atoms with E-state index in [0.29, 0.717) is 11.6 Å². The van der Waals surface area contributed by atoms with Crippen LogP contribution in [0.4, 0.5) is 5.69 Å². The zero-order valence-electron chi connectivity index (χ0n) is 17.1. The molecule has 1 heterocycles. The van der Waals surface area contributed by atoms with Crippen LogP contribution in [-0.2, 0) is 19.1 Å². The number of amides is 3. The highest BCUT2D eigenvalue weighted by atomic mass is 16.5. The monoisotopic (exact) mass is 415 g/mol. The van der Waals surface area contributed by atoms with Crippen LogP contribution in [0.3, 0.4) is 0 Å². The summed E-state index contributed by atoms with van der Waals surface area (Å²) in [7, 11) is 0. The summed E-state index contributed by atoms with van der Waals surface area (Å²) in [6.45, 7) is 4.80. The van der Waals surface area contributed by atoms with Gasteiger partial charge in [-0.3, -0.25) is 19.2 Å². The Labute approximate surface area is 174 Å². The number of hydrogen-bond acceptors (Lipinski definition) is 6. The fraction of sp³-hybridized carbons (Fsp3) is 0.333. The summed E-state index contributed by atoms with van der Waals surface area (Å²) in [6, 6.07) is 10.4. The van der Waals surface area contributed by atoms with Crippen LogP contribution in [0.25, 0.3) is 0 Å². The molecule has 0 fully saturated rings. The molecule has 0 saturated heterocycles. The van der Waals surface area contributed by atoms with Crippen LogP contribution >= 0.6 is 0 Å². The van der Waals surface area contributed by atoms with Gasteiger partial charge in [0.1, 0.15) is 6.54 Å². The Balaban J connectivity index is 1.69. The Bertz CT molecular complexity index is 875. The molecule has 0 aliphatic carbocycles. The normalized spacial score (nSPS) is 11.5. The van der Waals surface area contributed by atoms with Gasteiger partial charge in [-0.25, -0.2) is 0 Å². The van der Waals surface area contributed by atoms with E-state index >= 15 is 0 Å². The molecule has 9 nitrogen and oxygen atoms in total. The van der Waals surface area contributed by atoms with Gasteiger partial charge in [0.2, 0.25) is 5.91 Å². The SMILES string of the molecule is CC(C)c1ccc(NC(=O)[C@@H](C)OC(=O)CNC(=O)CNC(=O)c2ccco2)cc1. The van der Waals surface area contributed by atoms with Crippen molar-refractivity contribution in [2.45, 2.75) is 32.8 Å². The molecule has 0 saturated carbocycles. The molecule has 1 atom stereocenters. The molecule has 0 radical (unpaired) electrons. The summed E-state index contributed by atoms with van der Waals surface area (Å²) < 4.78 is 9.91. The first-order chi connectivity index (χ1) is 14.3. The predicted molar refractivity (Wildman–Crippen MR) is 109 cm³/mol. The summed E-state index contributed by atoms with van der Waals surface area (Å²) in [4.78, 5) is 47.4. The van der Waals surface area contributed by atoms with Gasteiger partial charge >= 0.3 is 5.97 Å². The molecule has 0 spiro atoms. The van der Waals surface area contributed by atoms with Crippen LogP contribution in [0, 0.1) is 0 Å². The molecule has 3 amide bonds. The van der Waals surface area contributed by atoms with Gasteiger partial charge in [0.05, 0.1) is 12.8 Å². The van der Waals surface area contributed by atoms with E-state index < -0.39 is 36.3 Å². The van der Waals surface area contributed by atoms with Crippen molar-refractivity contribution in [2.75, 3.05) is 18.4 Å². The summed E-state index contributed by atoms with van der Waals surface area (Å²) in [5.74, 6) is -1.96. The summed E-state index contributed by atoms with van der Waals surface area (Å²) in [6.07, 6.45) is 0.293. The molecule has 0 bridgehead atoms. The number of anilines is 1. The highest BCUT2D eigenvalue weighted by Gasteiger charge is 2.19. The lowest BCUT2D eigenvalue weighted by Gasteiger charge is -2.14. The summed E-state index contributed by atoms with van der Waals surface area (Å²) >= 11 is 0. The maximum absolute atomic E-state index is 12.2. The maximum atomic E-state index is 12.2. The first-order valence-electron chi connectivity index (χ1n) is 9.45. The van der Waals surface area contributed by atoms with Gasteiger partial charge in [0.25, 0.3) is 11.8 Å². The summed E-state index contributed by atoms with van der Waals surface area (Å²) in [5, 5.41) is 7.31. The molecule has 0 unspecified atom stereocenters. The number of ether oxygens (including phenoxy) is 1. The lowest BCUT2D eigenvalue weighted by atomic mass is 10.0. The third-order valence-corrected chi connectivity index (χ3v) is 4.11. The fourth-order valence-corrected chi connectivity index (χ4v) is 2.38. The van der Waals surface area contributed by atoms with E-state index in [0.717, 1.165) is 5.56 Å². The minimum Gasteiger partial charge on any atom is -0.459 e. The Morgan fingerprint density at radius 1 is 0.967 bits per heavy atom. The second-order valence-corrected chi connectivity index (χ2v) is 6.83. The van der Waals surface area contributed by atoms with Crippen molar-refractivity contribution in [1.82, 2.24) is 10.6 Å². The van der Waals surface area contributed by atoms with Gasteiger partial charge in [-0.1, -0.05) is 26.0 Å². The van der Waals surface area contributed by atoms with E-state index in [1.165, 1.54) is 19.3 Å². The fourth-order valence-electron chi connectivity index (χ4n) is 2.38. The molecule has 1 aromatic heterocycles. The van der Waals surface area contributed by atoms with Gasteiger partial charge in [0, 0.05) is 5.69 Å². The standard InChI is InChI=1S/C21H25N3O6/c1-13(2)15-6-8-16(9-7-15)24-20(27)14(3)30-19(26)12-22-18(25)11-23-21(28)17-5-4-10-29-17/h4-10,13-14H,11-12H2,1-3H3,(H,22,25)(H,23,28)(H,24,27)/t14-/m1/s1. The van der Waals surface area contributed by atoms with E-state index in [-0.39, 0.29) is 12.3 Å². The molecule has 3 N–H and O–H groups in total. The predicted octanol–water partition coefficient (Wildman–Crippen LogP) is 1.82. The third-order valence-electron chi connectivity index (χ3n) is 4.11. The zero-order valence-corrected chi connectivity index (χ0v) is 17.1. The Morgan fingerprint density at radius 3 is 2.27 bits per heavy atom. The molecule has 2 aromatic rings. The van der Waals surface area contributed by atoms with Crippen LogP contribution in [0.2, 0.25) is 0 Å². The molecular formula is C21H25N3O6. The maximum Gasteiger partial charge on any atom is 0.326 e. The van der Waals surface area contributed by atoms with Crippen molar-refractivity contribution in [1.29, 1.82) is 0 Å². The number of carbonyl (C=O) groups excluding carboxylic acids is 4. The number of nitrogens with one attached hydrogen (secondary N) is 3. The number of carbonyl (C=O) groups is 4. The highest BCUT2D eigenvalue weighted by molar-refractivity contribution is 5.96. The topological polar surface area (TPSA) is 127 Å². The van der Waals surface area contributed by atoms with Gasteiger partial charge < -0.3 is 25.1 Å². The van der Waals surface area contributed by atoms with Crippen molar-refractivity contribution >= 4 is 29.4 Å². The van der Waals surface area contributed by atoms with Gasteiger partial charge in [-0.2, -0.15) is 0 Å². The van der Waals surface area contributed by atoms with Crippen molar-refractivity contribution in [3.05, 3.63) is 54.0 Å². The quantitative estimate of drug-likeness (QED) is 0.536. The molecule has 30 heavy (non-hydrogen) atoms. The van der Waals surface area contributed by atoms with Crippen LogP contribution in [-0.4, -0.2) is 42.9 Å². The number of esters is 1. The Morgan fingerprint density at radius 2 is 1.67 bits per heavy atom. The van der Waals surface area contributed by atoms with Crippen LogP contribution in [0.5, 0.6) is 0 Å². The minimum atomic E-state index is -1.04. The lowest BCUT2D eigenvalue weighted by molar-refractivity contribution is -0.152. The van der Waals surface area contributed by atoms with Crippen LogP contribution in [0.15, 0.2) is 47.1 Å². The van der Waals surface area contributed by atoms with Crippen molar-refractivity contribution < 1.29 is 28.3 Å². The second-order valence-electron chi connectivity index (χ2n) is 6.83. The molecule has 0 aliphatic rings. The summed E-state index contributed by atoms with van der Waals surface area (Å²) in [5.41, 5.74) is 1.73. The number of hydrogen-bond donors (Lipinski definition) is 3. The largest absolute Gasteiger partial charge is 0.459 e. The lowest BCUT2D eigenvalue weighted by Crippen LogP contribution is -2.40. The minimum absolute atomic E-state index is 0.0703. The second kappa shape index (κ2) is 10.8. The first kappa shape index (κ1) is 22.7. The average Bonchev–Trinajstić information content (AvgIpc) is 3.25. The van der Waals surface area contributed by atoms with E-state index in [4.69, 9.17) is 9.15 Å². The van der Waals surface area contributed by atoms with E-state index in [2.05, 4.69) is 29.8 Å². The Kier molecular flexibility index (Phi) is 8.16.